The van der Waals surface area contributed by atoms with Crippen molar-refractivity contribution in [2.24, 2.45) is 0 Å². The van der Waals surface area contributed by atoms with Crippen molar-refractivity contribution in [3.8, 4) is 0 Å². The van der Waals surface area contributed by atoms with E-state index in [-0.39, 0.29) is 18.2 Å². The van der Waals surface area contributed by atoms with Gasteiger partial charge >= 0.3 is 5.97 Å². The molecule has 1 unspecified atom stereocenters. The molecule has 19 heavy (non-hydrogen) atoms. The number of nitrogens with one attached hydrogen (secondary N) is 1. The lowest BCUT2D eigenvalue weighted by Gasteiger charge is -2.35. The number of carboxylic acids is 1. The summed E-state index contributed by atoms with van der Waals surface area (Å²) in [6.45, 7) is 5.67. The van der Waals surface area contributed by atoms with Crippen LogP contribution in [0.15, 0.2) is 46.7 Å². The van der Waals surface area contributed by atoms with Crippen LogP contribution in [0.1, 0.15) is 18.7 Å². The minimum absolute atomic E-state index is 0.213. The van der Waals surface area contributed by atoms with Crippen molar-refractivity contribution >= 4 is 23.3 Å². The molecule has 0 bridgehead atoms. The molecule has 1 atom stereocenters. The van der Waals surface area contributed by atoms with E-state index in [1.807, 2.05) is 0 Å². The monoisotopic (exact) mass is 278 g/mol. The van der Waals surface area contributed by atoms with E-state index >= 15 is 0 Å². The molecule has 0 aromatic carbocycles. The fourth-order valence-electron chi connectivity index (χ4n) is 1.98. The van der Waals surface area contributed by atoms with Gasteiger partial charge in [0.25, 0.3) is 0 Å². The van der Waals surface area contributed by atoms with Crippen LogP contribution in [0.2, 0.25) is 0 Å². The molecule has 0 aliphatic carbocycles. The van der Waals surface area contributed by atoms with Gasteiger partial charge in [0.2, 0.25) is 0 Å². The predicted octanol–water partition coefficient (Wildman–Crippen LogP) is 2.06. The van der Waals surface area contributed by atoms with Gasteiger partial charge in [0, 0.05) is 5.70 Å². The highest BCUT2D eigenvalue weighted by Gasteiger charge is 2.30. The molecule has 2 N–H and O–H groups in total. The number of hydrogen-bond donors (Lipinski definition) is 2. The maximum Gasteiger partial charge on any atom is 0.335 e. The topological polar surface area (TPSA) is 65.7 Å². The molecule has 6 heteroatoms. The van der Waals surface area contributed by atoms with Gasteiger partial charge < -0.3 is 19.7 Å². The van der Waals surface area contributed by atoms with Gasteiger partial charge in [0.1, 0.15) is 11.8 Å². The van der Waals surface area contributed by atoms with E-state index in [4.69, 9.17) is 16.6 Å². The Bertz CT molecular complexity index is 548. The molecule has 100 valence electrons. The number of carbonyl (C=O) groups is 1. The number of rotatable bonds is 4. The first-order chi connectivity index (χ1) is 9.04. The van der Waals surface area contributed by atoms with Crippen LogP contribution in [0.4, 0.5) is 0 Å². The Labute approximate surface area is 116 Å². The van der Waals surface area contributed by atoms with Gasteiger partial charge in [-0.05, 0) is 31.3 Å². The summed E-state index contributed by atoms with van der Waals surface area (Å²) in [7, 11) is 0. The predicted molar refractivity (Wildman–Crippen MR) is 74.4 cm³/mol. The van der Waals surface area contributed by atoms with Crippen LogP contribution in [-0.2, 0) is 4.79 Å². The highest BCUT2D eigenvalue weighted by atomic mass is 32.1. The van der Waals surface area contributed by atoms with E-state index in [1.165, 1.54) is 0 Å². The maximum absolute atomic E-state index is 11.2. The lowest BCUT2D eigenvalue weighted by atomic mass is 10.1. The molecular formula is C13H14N2O3S. The standard InChI is InChI=1S/C13H14N2O3S/c1-3-10(11-5-4-6-18-11)15-7-9(12(16)17)8(2)14-13(15)19/h3-6,10H,1,7H2,2H3,(H,14,19)(H,16,17). The Morgan fingerprint density at radius 2 is 2.47 bits per heavy atom. The second-order valence-corrected chi connectivity index (χ2v) is 4.55. The maximum atomic E-state index is 11.2. The Balaban J connectivity index is 2.32. The highest BCUT2D eigenvalue weighted by molar-refractivity contribution is 7.80. The van der Waals surface area contributed by atoms with Crippen molar-refractivity contribution in [2.45, 2.75) is 13.0 Å². The van der Waals surface area contributed by atoms with Crippen molar-refractivity contribution in [1.29, 1.82) is 0 Å². The molecule has 0 fully saturated rings. The minimum atomic E-state index is -0.959. The Morgan fingerprint density at radius 1 is 1.74 bits per heavy atom. The number of thiocarbonyl (C=S) groups is 1. The molecule has 1 aromatic heterocycles. The second-order valence-electron chi connectivity index (χ2n) is 4.16. The van der Waals surface area contributed by atoms with Gasteiger partial charge in [-0.2, -0.15) is 0 Å². The molecule has 1 aliphatic rings. The third-order valence-electron chi connectivity index (χ3n) is 2.99. The SMILES string of the molecule is C=CC(c1ccco1)N1CC(C(=O)O)=C(C)NC1=S. The van der Waals surface area contributed by atoms with Gasteiger partial charge in [0.05, 0.1) is 18.4 Å². The largest absolute Gasteiger partial charge is 0.478 e. The lowest BCUT2D eigenvalue weighted by molar-refractivity contribution is -0.133. The zero-order valence-corrected chi connectivity index (χ0v) is 11.2. The molecular weight excluding hydrogens is 264 g/mol. The average Bonchev–Trinajstić information content (AvgIpc) is 2.86. The third-order valence-corrected chi connectivity index (χ3v) is 3.32. The molecule has 1 aliphatic heterocycles. The second kappa shape index (κ2) is 5.27. The molecule has 2 rings (SSSR count). The first kappa shape index (κ1) is 13.4. The normalized spacial score (nSPS) is 17.1. The fourth-order valence-corrected chi connectivity index (χ4v) is 2.31. The Hall–Kier alpha value is -2.08. The van der Waals surface area contributed by atoms with Gasteiger partial charge in [-0.1, -0.05) is 6.08 Å². The van der Waals surface area contributed by atoms with E-state index in [0.29, 0.717) is 16.6 Å². The minimum Gasteiger partial charge on any atom is -0.478 e. The van der Waals surface area contributed by atoms with Crippen LogP contribution >= 0.6 is 12.2 Å². The average molecular weight is 278 g/mol. The van der Waals surface area contributed by atoms with Gasteiger partial charge in [-0.15, -0.1) is 6.58 Å². The number of allylic oxidation sites excluding steroid dienone is 1. The van der Waals surface area contributed by atoms with Crippen molar-refractivity contribution in [2.75, 3.05) is 6.54 Å². The molecule has 1 aromatic rings. The summed E-state index contributed by atoms with van der Waals surface area (Å²) in [4.78, 5) is 12.9. The van der Waals surface area contributed by atoms with Crippen molar-refractivity contribution in [3.05, 3.63) is 48.1 Å². The van der Waals surface area contributed by atoms with E-state index < -0.39 is 5.97 Å². The highest BCUT2D eigenvalue weighted by Crippen LogP contribution is 2.26. The van der Waals surface area contributed by atoms with Crippen molar-refractivity contribution < 1.29 is 14.3 Å². The number of carboxylic acid groups (broad SMARTS) is 1. The zero-order valence-electron chi connectivity index (χ0n) is 10.4. The first-order valence-electron chi connectivity index (χ1n) is 5.71. The smallest absolute Gasteiger partial charge is 0.335 e. The van der Waals surface area contributed by atoms with Crippen molar-refractivity contribution in [1.82, 2.24) is 10.2 Å². The van der Waals surface area contributed by atoms with Crippen molar-refractivity contribution in [3.63, 3.8) is 0 Å². The van der Waals surface area contributed by atoms with Crippen LogP contribution in [-0.4, -0.2) is 27.6 Å². The van der Waals surface area contributed by atoms with Crippen LogP contribution in [0.25, 0.3) is 0 Å². The van der Waals surface area contributed by atoms with Crippen LogP contribution < -0.4 is 5.32 Å². The van der Waals surface area contributed by atoms with E-state index in [1.54, 1.807) is 36.3 Å². The summed E-state index contributed by atoms with van der Waals surface area (Å²) in [5.41, 5.74) is 0.850. The number of hydrogen-bond acceptors (Lipinski definition) is 3. The fraction of sp³-hybridized carbons (Fsp3) is 0.231. The summed E-state index contributed by atoms with van der Waals surface area (Å²) in [5.74, 6) is -0.289. The molecule has 0 amide bonds. The Morgan fingerprint density at radius 3 is 3.00 bits per heavy atom. The molecule has 0 saturated heterocycles. The van der Waals surface area contributed by atoms with Crippen LogP contribution in [0, 0.1) is 0 Å². The molecule has 0 spiro atoms. The van der Waals surface area contributed by atoms with Gasteiger partial charge in [-0.3, -0.25) is 0 Å². The van der Waals surface area contributed by atoms with E-state index in [0.717, 1.165) is 0 Å². The van der Waals surface area contributed by atoms with Gasteiger partial charge in [0.15, 0.2) is 5.11 Å². The number of aliphatic carboxylic acids is 1. The summed E-state index contributed by atoms with van der Waals surface area (Å²) in [6.07, 6.45) is 3.23. The lowest BCUT2D eigenvalue weighted by Crippen LogP contribution is -2.47. The number of nitrogens with zero attached hydrogens (tertiary/aromatic N) is 1. The van der Waals surface area contributed by atoms with E-state index in [9.17, 15) is 9.90 Å². The van der Waals surface area contributed by atoms with Crippen LogP contribution in [0.3, 0.4) is 0 Å². The molecule has 2 heterocycles. The molecule has 0 radical (unpaired) electrons. The summed E-state index contributed by atoms with van der Waals surface area (Å²) in [5, 5.41) is 12.5. The first-order valence-corrected chi connectivity index (χ1v) is 6.12. The summed E-state index contributed by atoms with van der Waals surface area (Å²) < 4.78 is 5.35. The number of furan rings is 1. The Kier molecular flexibility index (Phi) is 3.71. The molecule has 5 nitrogen and oxygen atoms in total. The third kappa shape index (κ3) is 2.53. The molecule has 0 saturated carbocycles. The van der Waals surface area contributed by atoms with E-state index in [2.05, 4.69) is 11.9 Å². The van der Waals surface area contributed by atoms with Crippen LogP contribution in [0.5, 0.6) is 0 Å². The quantitative estimate of drug-likeness (QED) is 0.649. The zero-order chi connectivity index (χ0) is 14.0. The summed E-state index contributed by atoms with van der Waals surface area (Å²) >= 11 is 5.26. The van der Waals surface area contributed by atoms with Gasteiger partial charge in [-0.25, -0.2) is 4.79 Å². The summed E-state index contributed by atoms with van der Waals surface area (Å²) in [6, 6.07) is 3.28.